The standard InChI is InChI=1S/C18H18F3N3O4/c1-10-8-23(9-11(2)28-10)16(25)12-3-5-13(6-4-12)24-15(18(19,20)21)14(7-22-24)17(26)27/h3-7,10-11H,8-9H2,1-2H3,(H,26,27). The highest BCUT2D eigenvalue weighted by atomic mass is 19.4. The number of ether oxygens (including phenoxy) is 1. The van der Waals surface area contributed by atoms with Crippen molar-refractivity contribution in [3.05, 3.63) is 47.3 Å². The van der Waals surface area contributed by atoms with Gasteiger partial charge in [0.25, 0.3) is 5.91 Å². The lowest BCUT2D eigenvalue weighted by atomic mass is 10.1. The van der Waals surface area contributed by atoms with Gasteiger partial charge >= 0.3 is 12.1 Å². The van der Waals surface area contributed by atoms with Crippen LogP contribution in [-0.4, -0.2) is 57.0 Å². The summed E-state index contributed by atoms with van der Waals surface area (Å²) in [5, 5.41) is 12.5. The molecular formula is C18H18F3N3O4. The molecule has 28 heavy (non-hydrogen) atoms. The van der Waals surface area contributed by atoms with Gasteiger partial charge in [0.15, 0.2) is 5.69 Å². The molecule has 0 saturated carbocycles. The fourth-order valence-electron chi connectivity index (χ4n) is 3.24. The van der Waals surface area contributed by atoms with E-state index in [-0.39, 0.29) is 23.8 Å². The number of nitrogens with zero attached hydrogens (tertiary/aromatic N) is 3. The molecule has 10 heteroatoms. The lowest BCUT2D eigenvalue weighted by Crippen LogP contribution is -2.48. The number of hydrogen-bond donors (Lipinski definition) is 1. The van der Waals surface area contributed by atoms with Crippen LogP contribution in [0, 0.1) is 0 Å². The predicted octanol–water partition coefficient (Wildman–Crippen LogP) is 2.84. The van der Waals surface area contributed by atoms with Gasteiger partial charge in [-0.3, -0.25) is 4.79 Å². The van der Waals surface area contributed by atoms with Gasteiger partial charge in [-0.25, -0.2) is 9.48 Å². The van der Waals surface area contributed by atoms with Crippen LogP contribution in [0.25, 0.3) is 5.69 Å². The number of carboxylic acid groups (broad SMARTS) is 1. The molecule has 0 spiro atoms. The third-order valence-corrected chi connectivity index (χ3v) is 4.33. The van der Waals surface area contributed by atoms with Crippen molar-refractivity contribution in [3.63, 3.8) is 0 Å². The van der Waals surface area contributed by atoms with Crippen LogP contribution in [0.4, 0.5) is 13.2 Å². The van der Waals surface area contributed by atoms with E-state index in [0.717, 1.165) is 0 Å². The second-order valence-electron chi connectivity index (χ2n) is 6.64. The van der Waals surface area contributed by atoms with Gasteiger partial charge in [0, 0.05) is 18.7 Å². The summed E-state index contributed by atoms with van der Waals surface area (Å²) < 4.78 is 46.0. The van der Waals surface area contributed by atoms with E-state index >= 15 is 0 Å². The molecular weight excluding hydrogens is 379 g/mol. The maximum absolute atomic E-state index is 13.3. The minimum atomic E-state index is -4.90. The predicted molar refractivity (Wildman–Crippen MR) is 91.4 cm³/mol. The van der Waals surface area contributed by atoms with Crippen LogP contribution in [0.5, 0.6) is 0 Å². The molecule has 7 nitrogen and oxygen atoms in total. The summed E-state index contributed by atoms with van der Waals surface area (Å²) in [7, 11) is 0. The molecule has 1 aliphatic rings. The highest BCUT2D eigenvalue weighted by molar-refractivity contribution is 5.94. The molecule has 1 fully saturated rings. The molecule has 2 atom stereocenters. The van der Waals surface area contributed by atoms with E-state index in [0.29, 0.717) is 29.5 Å². The largest absolute Gasteiger partial charge is 0.478 e. The minimum absolute atomic E-state index is 0.0000820. The maximum atomic E-state index is 13.3. The van der Waals surface area contributed by atoms with E-state index in [1.165, 1.54) is 24.3 Å². The van der Waals surface area contributed by atoms with Crippen LogP contribution in [0.15, 0.2) is 30.5 Å². The Morgan fingerprint density at radius 3 is 2.21 bits per heavy atom. The minimum Gasteiger partial charge on any atom is -0.478 e. The number of alkyl halides is 3. The molecule has 1 N–H and O–H groups in total. The highest BCUT2D eigenvalue weighted by Crippen LogP contribution is 2.33. The number of hydrogen-bond acceptors (Lipinski definition) is 4. The Balaban J connectivity index is 1.90. The zero-order chi connectivity index (χ0) is 20.6. The number of benzene rings is 1. The molecule has 1 aromatic heterocycles. The van der Waals surface area contributed by atoms with Crippen molar-refractivity contribution < 1.29 is 32.6 Å². The summed E-state index contributed by atoms with van der Waals surface area (Å²) >= 11 is 0. The molecule has 3 rings (SSSR count). The fourth-order valence-corrected chi connectivity index (χ4v) is 3.24. The maximum Gasteiger partial charge on any atom is 0.434 e. The zero-order valence-electron chi connectivity index (χ0n) is 15.1. The Morgan fingerprint density at radius 1 is 1.14 bits per heavy atom. The Hall–Kier alpha value is -2.88. The summed E-state index contributed by atoms with van der Waals surface area (Å²) in [4.78, 5) is 25.3. The van der Waals surface area contributed by atoms with Crippen LogP contribution in [0.1, 0.15) is 40.3 Å². The third-order valence-electron chi connectivity index (χ3n) is 4.33. The molecule has 1 aromatic carbocycles. The van der Waals surface area contributed by atoms with Gasteiger partial charge < -0.3 is 14.7 Å². The van der Waals surface area contributed by atoms with Crippen molar-refractivity contribution in [2.24, 2.45) is 0 Å². The lowest BCUT2D eigenvalue weighted by molar-refractivity contribution is -0.143. The monoisotopic (exact) mass is 397 g/mol. The fraction of sp³-hybridized carbons (Fsp3) is 0.389. The smallest absolute Gasteiger partial charge is 0.434 e. The average Bonchev–Trinajstić information content (AvgIpc) is 3.06. The van der Waals surface area contributed by atoms with Crippen LogP contribution < -0.4 is 0 Å². The second-order valence-corrected chi connectivity index (χ2v) is 6.64. The quantitative estimate of drug-likeness (QED) is 0.861. The van der Waals surface area contributed by atoms with Crippen molar-refractivity contribution in [1.29, 1.82) is 0 Å². The van der Waals surface area contributed by atoms with Crippen molar-refractivity contribution in [3.8, 4) is 5.69 Å². The number of carbonyl (C=O) groups excluding carboxylic acids is 1. The first kappa shape index (κ1) is 19.9. The molecule has 1 saturated heterocycles. The summed E-state index contributed by atoms with van der Waals surface area (Å²) in [6, 6.07) is 5.39. The first-order valence-corrected chi connectivity index (χ1v) is 8.51. The topological polar surface area (TPSA) is 84.7 Å². The van der Waals surface area contributed by atoms with Gasteiger partial charge in [-0.15, -0.1) is 0 Å². The Morgan fingerprint density at radius 2 is 1.71 bits per heavy atom. The average molecular weight is 397 g/mol. The summed E-state index contributed by atoms with van der Waals surface area (Å²) in [6.07, 6.45) is -4.47. The second kappa shape index (κ2) is 7.27. The van der Waals surface area contributed by atoms with E-state index in [9.17, 15) is 22.8 Å². The number of carboxylic acids is 1. The van der Waals surface area contributed by atoms with E-state index in [1.54, 1.807) is 4.90 Å². The molecule has 1 aliphatic heterocycles. The van der Waals surface area contributed by atoms with Crippen LogP contribution in [-0.2, 0) is 10.9 Å². The Kier molecular flexibility index (Phi) is 5.16. The first-order valence-electron chi connectivity index (χ1n) is 8.51. The third kappa shape index (κ3) is 3.86. The molecule has 0 aliphatic carbocycles. The van der Waals surface area contributed by atoms with E-state index in [1.807, 2.05) is 13.8 Å². The Bertz CT molecular complexity index is 882. The zero-order valence-corrected chi connectivity index (χ0v) is 15.1. The number of morpholine rings is 1. The number of halogens is 3. The summed E-state index contributed by atoms with van der Waals surface area (Å²) in [5.41, 5.74) is -2.01. The van der Waals surface area contributed by atoms with Crippen LogP contribution in [0.2, 0.25) is 0 Å². The lowest BCUT2D eigenvalue weighted by Gasteiger charge is -2.35. The summed E-state index contributed by atoms with van der Waals surface area (Å²) in [6.45, 7) is 4.56. The van der Waals surface area contributed by atoms with Crippen molar-refractivity contribution >= 4 is 11.9 Å². The van der Waals surface area contributed by atoms with Crippen LogP contribution in [0.3, 0.4) is 0 Å². The number of aromatic nitrogens is 2. The van der Waals surface area contributed by atoms with Gasteiger partial charge in [0.2, 0.25) is 0 Å². The van der Waals surface area contributed by atoms with Gasteiger partial charge in [0.05, 0.1) is 24.1 Å². The summed E-state index contributed by atoms with van der Waals surface area (Å²) in [5.74, 6) is -1.97. The van der Waals surface area contributed by atoms with Crippen molar-refractivity contribution in [2.75, 3.05) is 13.1 Å². The van der Waals surface area contributed by atoms with E-state index < -0.39 is 23.4 Å². The normalized spacial score (nSPS) is 20.2. The molecule has 1 amide bonds. The van der Waals surface area contributed by atoms with Gasteiger partial charge in [-0.1, -0.05) is 0 Å². The molecule has 2 heterocycles. The molecule has 0 radical (unpaired) electrons. The van der Waals surface area contributed by atoms with Gasteiger partial charge in [-0.05, 0) is 38.1 Å². The Labute approximate surface area is 158 Å². The number of carbonyl (C=O) groups is 2. The van der Waals surface area contributed by atoms with Crippen molar-refractivity contribution in [2.45, 2.75) is 32.2 Å². The number of amides is 1. The number of rotatable bonds is 3. The first-order chi connectivity index (χ1) is 13.1. The molecule has 0 bridgehead atoms. The van der Waals surface area contributed by atoms with Gasteiger partial charge in [0.1, 0.15) is 5.56 Å². The van der Waals surface area contributed by atoms with Crippen molar-refractivity contribution in [1.82, 2.24) is 14.7 Å². The highest BCUT2D eigenvalue weighted by Gasteiger charge is 2.40. The molecule has 2 unspecified atom stereocenters. The molecule has 150 valence electrons. The van der Waals surface area contributed by atoms with E-state index in [4.69, 9.17) is 9.84 Å². The number of aromatic carboxylic acids is 1. The van der Waals surface area contributed by atoms with E-state index in [2.05, 4.69) is 5.10 Å². The molecule has 2 aromatic rings. The van der Waals surface area contributed by atoms with Gasteiger partial charge in [-0.2, -0.15) is 18.3 Å². The SMILES string of the molecule is CC1CN(C(=O)c2ccc(-n3ncc(C(=O)O)c3C(F)(F)F)cc2)CC(C)O1. The van der Waals surface area contributed by atoms with Crippen LogP contribution >= 0.6 is 0 Å².